The number of benzene rings is 2. The highest BCUT2D eigenvalue weighted by atomic mass is 32.7. The number of rotatable bonds is 17. The van der Waals surface area contributed by atoms with Crippen LogP contribution in [0.5, 0.6) is 5.75 Å². The highest BCUT2D eigenvalue weighted by molar-refractivity contribution is 8.54. The zero-order valence-corrected chi connectivity index (χ0v) is 40.1. The first-order valence-corrected chi connectivity index (χ1v) is 27.3. The van der Waals surface area contributed by atoms with Crippen molar-refractivity contribution in [2.75, 3.05) is 18.9 Å². The number of phosphoric acid groups is 1. The summed E-state index contributed by atoms with van der Waals surface area (Å²) in [7, 11) is -5.28. The summed E-state index contributed by atoms with van der Waals surface area (Å²) in [6, 6.07) is 14.5. The normalized spacial score (nSPS) is 28.4. The highest BCUT2D eigenvalue weighted by Crippen LogP contribution is 2.65. The predicted octanol–water partition coefficient (Wildman–Crippen LogP) is 7.68. The number of hydrogen-bond donors (Lipinski definition) is 3. The molecule has 2 aromatic carbocycles. The number of carbonyl (C=O) groups excluding carboxylic acids is 1. The number of nitrogens with one attached hydrogen (secondary N) is 1. The SMILES string of the molecule is CCCCCCCCCCCc1ccc(C(=O)Oc2ccc(CSP3(=O)OC[C@H]4O[C@@H](n5cnc6c(N)ncnc65)[C@H](OP(=O)(O)OC[C@H]5O[C@@H](n6ccc(=O)[nH]c6=O)[C@H](F)[C@@H]5O3)[C@@H]4F)cc2)cc1. The smallest absolute Gasteiger partial charge is 0.423 e. The first-order valence-electron chi connectivity index (χ1n) is 22.7. The molecule has 0 saturated carbocycles. The topological polar surface area (TPSA) is 261 Å². The molecule has 25 heteroatoms. The lowest BCUT2D eigenvalue weighted by molar-refractivity contribution is -0.0640. The molecule has 6 heterocycles. The number of ether oxygens (including phenoxy) is 3. The van der Waals surface area contributed by atoms with Crippen LogP contribution >= 0.6 is 26.0 Å². The Balaban J connectivity index is 0.960. The van der Waals surface area contributed by atoms with Crippen molar-refractivity contribution in [3.8, 4) is 5.75 Å². The first kappa shape index (κ1) is 50.7. The zero-order chi connectivity index (χ0) is 48.7. The average molecular weight is 1020 g/mol. The standard InChI is InChI=1S/C44H53F2N7O13P2S/c1-2-3-4-5-6-7-8-9-10-11-27-12-16-29(17-13-27)43(55)62-30-18-14-28(15-19-30)24-69-68(59)61-22-31-34(45)38(42(63-31)53-26-50-36-39(47)48-25-49-40(36)53)65-67(57,58)60-23-32-37(66-68)35(46)41(64-32)52-21-20-33(54)51-44(52)56/h12-21,25-26,31-32,34-35,37-38,41-42H,2-11,22-24H2,1H3,(H,57,58)(H2,47,48,49)(H,51,54,56)/t31-,32-,34-,35-,37-,38-,41-,42-,68?/m1/s1. The molecule has 4 N–H and O–H groups in total. The lowest BCUT2D eigenvalue weighted by atomic mass is 10.0. The number of halogens is 2. The van der Waals surface area contributed by atoms with Gasteiger partial charge in [-0.25, -0.2) is 42.5 Å². The fourth-order valence-electron chi connectivity index (χ4n) is 8.21. The van der Waals surface area contributed by atoms with Crippen LogP contribution in [0.3, 0.4) is 0 Å². The summed E-state index contributed by atoms with van der Waals surface area (Å²) < 4.78 is 103. The molecule has 2 bridgehead atoms. The van der Waals surface area contributed by atoms with Crippen molar-refractivity contribution >= 4 is 49.0 Å². The van der Waals surface area contributed by atoms with E-state index in [1.165, 1.54) is 68.0 Å². The Bertz CT molecular complexity index is 2770. The number of H-pyrrole nitrogens is 1. The number of aromatic nitrogens is 6. The van der Waals surface area contributed by atoms with E-state index in [1.54, 1.807) is 24.3 Å². The van der Waals surface area contributed by atoms with Gasteiger partial charge >= 0.3 is 26.3 Å². The summed E-state index contributed by atoms with van der Waals surface area (Å²) in [4.78, 5) is 62.7. The number of alkyl halides is 2. The van der Waals surface area contributed by atoms with Gasteiger partial charge in [0.05, 0.1) is 25.1 Å². The summed E-state index contributed by atoms with van der Waals surface area (Å²) in [5.74, 6) is -0.473. The molecule has 0 aliphatic carbocycles. The first-order chi connectivity index (χ1) is 33.2. The predicted molar refractivity (Wildman–Crippen MR) is 248 cm³/mol. The van der Waals surface area contributed by atoms with Crippen LogP contribution in [-0.4, -0.2) is 89.9 Å². The van der Waals surface area contributed by atoms with Crippen molar-refractivity contribution in [2.45, 2.75) is 126 Å². The maximum atomic E-state index is 16.5. The summed E-state index contributed by atoms with van der Waals surface area (Å²) >= 11 is 0.586. The number of nitrogen functional groups attached to an aromatic ring is 1. The third-order valence-corrected chi connectivity index (χ3v) is 16.5. The average Bonchev–Trinajstić information content (AvgIpc) is 3.99. The molecule has 3 saturated heterocycles. The molecule has 20 nitrogen and oxygen atoms in total. The number of fused-ring (bicyclic) bond motifs is 4. The quantitative estimate of drug-likeness (QED) is 0.0349. The molecule has 0 radical (unpaired) electrons. The number of hydrogen-bond acceptors (Lipinski definition) is 17. The van der Waals surface area contributed by atoms with Crippen molar-refractivity contribution in [1.29, 1.82) is 0 Å². The zero-order valence-electron chi connectivity index (χ0n) is 37.5. The van der Waals surface area contributed by atoms with E-state index in [9.17, 15) is 28.4 Å². The molecule has 10 atom stereocenters. The van der Waals surface area contributed by atoms with Crippen LogP contribution in [0.15, 0.2) is 83.0 Å². The van der Waals surface area contributed by atoms with Gasteiger partial charge in [0.15, 0.2) is 36.3 Å². The Labute approximate surface area is 398 Å². The van der Waals surface area contributed by atoms with Crippen molar-refractivity contribution < 1.29 is 59.9 Å². The molecule has 0 spiro atoms. The molecule has 8 rings (SSSR count). The van der Waals surface area contributed by atoms with Gasteiger partial charge < -0.3 is 24.8 Å². The van der Waals surface area contributed by atoms with Crippen LogP contribution in [0.2, 0.25) is 0 Å². The van der Waals surface area contributed by atoms with E-state index in [2.05, 4.69) is 21.9 Å². The summed E-state index contributed by atoms with van der Waals surface area (Å²) in [5.41, 5.74) is 6.30. The number of imidazole rings is 1. The maximum Gasteiger partial charge on any atom is 0.472 e. The molecule has 3 aromatic heterocycles. The van der Waals surface area contributed by atoms with Crippen molar-refractivity contribution in [1.82, 2.24) is 29.1 Å². The molecule has 69 heavy (non-hydrogen) atoms. The summed E-state index contributed by atoms with van der Waals surface area (Å²) in [6.07, 6.45) is 0.299. The maximum absolute atomic E-state index is 16.5. The number of aryl methyl sites for hydroxylation is 1. The minimum atomic E-state index is -5.28. The van der Waals surface area contributed by atoms with Crippen LogP contribution in [0.4, 0.5) is 14.6 Å². The molecule has 3 fully saturated rings. The monoisotopic (exact) mass is 1020 g/mol. The van der Waals surface area contributed by atoms with Gasteiger partial charge in [-0.05, 0) is 59.6 Å². The number of phosphoric ester groups is 1. The Morgan fingerprint density at radius 1 is 0.826 bits per heavy atom. The fourth-order valence-corrected chi connectivity index (χ4v) is 12.5. The van der Waals surface area contributed by atoms with E-state index in [0.29, 0.717) is 27.1 Å². The number of aromatic amines is 1. The van der Waals surface area contributed by atoms with E-state index in [-0.39, 0.29) is 28.5 Å². The third-order valence-electron chi connectivity index (χ3n) is 11.9. The highest BCUT2D eigenvalue weighted by Gasteiger charge is 2.55. The van der Waals surface area contributed by atoms with Gasteiger partial charge in [-0.15, -0.1) is 0 Å². The van der Waals surface area contributed by atoms with Gasteiger partial charge in [0, 0.05) is 18.0 Å². The van der Waals surface area contributed by atoms with E-state index >= 15 is 8.78 Å². The molecule has 3 aliphatic rings. The van der Waals surface area contributed by atoms with E-state index < -0.39 is 94.3 Å². The Kier molecular flexibility index (Phi) is 16.6. The van der Waals surface area contributed by atoms with Crippen LogP contribution in [0.25, 0.3) is 11.2 Å². The number of unbranched alkanes of at least 4 members (excludes halogenated alkanes) is 8. The second-order valence-corrected chi connectivity index (χ2v) is 22.3. The Morgan fingerprint density at radius 3 is 2.23 bits per heavy atom. The lowest BCUT2D eigenvalue weighted by Crippen LogP contribution is -2.36. The molecule has 3 aliphatic heterocycles. The van der Waals surface area contributed by atoms with Crippen molar-refractivity contribution in [3.63, 3.8) is 0 Å². The molecular weight excluding hydrogens is 967 g/mol. The van der Waals surface area contributed by atoms with Crippen molar-refractivity contribution in [2.24, 2.45) is 0 Å². The molecule has 5 aromatic rings. The van der Waals surface area contributed by atoms with Gasteiger partial charge in [-0.1, -0.05) is 82.6 Å². The van der Waals surface area contributed by atoms with Gasteiger partial charge in [-0.3, -0.25) is 37.0 Å². The Morgan fingerprint density at radius 2 is 1.51 bits per heavy atom. The summed E-state index contributed by atoms with van der Waals surface area (Å²) in [5, 5.41) is 0. The van der Waals surface area contributed by atoms with Gasteiger partial charge in [0.2, 0.25) is 0 Å². The molecule has 2 unspecified atom stereocenters. The van der Waals surface area contributed by atoms with Gasteiger partial charge in [0.25, 0.3) is 5.56 Å². The third kappa shape index (κ3) is 12.4. The van der Waals surface area contributed by atoms with Crippen LogP contribution in [0.1, 0.15) is 98.7 Å². The number of carbonyl (C=O) groups is 1. The molecule has 0 amide bonds. The molecule has 372 valence electrons. The largest absolute Gasteiger partial charge is 0.472 e. The van der Waals surface area contributed by atoms with E-state index in [4.69, 9.17) is 38.0 Å². The van der Waals surface area contributed by atoms with E-state index in [1.807, 2.05) is 17.1 Å². The van der Waals surface area contributed by atoms with Crippen LogP contribution in [-0.2, 0) is 48.9 Å². The minimum Gasteiger partial charge on any atom is -0.423 e. The second-order valence-electron chi connectivity index (χ2n) is 16.8. The number of esters is 1. The summed E-state index contributed by atoms with van der Waals surface area (Å²) in [6.45, 7) is -4.25. The fraction of sp³-hybridized carbons (Fsp3) is 0.500. The number of nitrogens with zero attached hydrogens (tertiary/aromatic N) is 5. The minimum absolute atomic E-state index is 0.0188. The Hall–Kier alpha value is -4.67. The molecular formula is C44H53F2N7O13P2S. The number of anilines is 1. The lowest BCUT2D eigenvalue weighted by Gasteiger charge is -2.27. The number of nitrogens with two attached hydrogens (primary N) is 1. The van der Waals surface area contributed by atoms with Crippen molar-refractivity contribution in [3.05, 3.63) is 111 Å². The van der Waals surface area contributed by atoms with Crippen LogP contribution in [0, 0.1) is 0 Å². The van der Waals surface area contributed by atoms with E-state index in [0.717, 1.165) is 43.4 Å². The second kappa shape index (κ2) is 22.6. The van der Waals surface area contributed by atoms with Crippen LogP contribution < -0.4 is 21.7 Å². The van der Waals surface area contributed by atoms with Gasteiger partial charge in [0.1, 0.15) is 42.0 Å². The van der Waals surface area contributed by atoms with Gasteiger partial charge in [-0.2, -0.15) is 0 Å².